The lowest BCUT2D eigenvalue weighted by atomic mass is 10.1. The molecule has 2 aromatic rings. The molecule has 0 atom stereocenters. The van der Waals surface area contributed by atoms with Gasteiger partial charge in [0.1, 0.15) is 0 Å². The summed E-state index contributed by atoms with van der Waals surface area (Å²) in [5.41, 5.74) is 1.79. The van der Waals surface area contributed by atoms with Crippen LogP contribution < -0.4 is 5.32 Å². The Morgan fingerprint density at radius 1 is 1.25 bits per heavy atom. The second-order valence-corrected chi connectivity index (χ2v) is 6.63. The molecule has 1 heterocycles. The highest BCUT2D eigenvalue weighted by Crippen LogP contribution is 2.23. The molecule has 0 aliphatic rings. The SMILES string of the molecule is O=C(C=Cc1ccc(Br)s1)Nc1ccc(CCO)cc1. The van der Waals surface area contributed by atoms with Crippen LogP contribution in [-0.4, -0.2) is 17.6 Å². The molecule has 1 aromatic carbocycles. The van der Waals surface area contributed by atoms with E-state index in [1.165, 1.54) is 6.08 Å². The molecule has 0 saturated heterocycles. The van der Waals surface area contributed by atoms with Gasteiger partial charge < -0.3 is 10.4 Å². The van der Waals surface area contributed by atoms with E-state index in [4.69, 9.17) is 5.11 Å². The summed E-state index contributed by atoms with van der Waals surface area (Å²) in [4.78, 5) is 12.8. The molecule has 5 heteroatoms. The highest BCUT2D eigenvalue weighted by Gasteiger charge is 1.99. The molecule has 0 spiro atoms. The first-order chi connectivity index (χ1) is 9.67. The zero-order valence-electron chi connectivity index (χ0n) is 10.7. The zero-order valence-corrected chi connectivity index (χ0v) is 13.1. The van der Waals surface area contributed by atoms with E-state index in [1.807, 2.05) is 36.4 Å². The van der Waals surface area contributed by atoms with Crippen molar-refractivity contribution in [1.82, 2.24) is 0 Å². The molecule has 0 radical (unpaired) electrons. The number of hydrogen-bond donors (Lipinski definition) is 2. The largest absolute Gasteiger partial charge is 0.396 e. The maximum absolute atomic E-state index is 11.8. The minimum absolute atomic E-state index is 0.130. The van der Waals surface area contributed by atoms with Gasteiger partial charge in [-0.25, -0.2) is 0 Å². The van der Waals surface area contributed by atoms with Crippen molar-refractivity contribution in [2.24, 2.45) is 0 Å². The van der Waals surface area contributed by atoms with Crippen molar-refractivity contribution < 1.29 is 9.90 Å². The van der Waals surface area contributed by atoms with Crippen LogP contribution in [-0.2, 0) is 11.2 Å². The van der Waals surface area contributed by atoms with Crippen molar-refractivity contribution in [3.8, 4) is 0 Å². The number of aliphatic hydroxyl groups is 1. The van der Waals surface area contributed by atoms with Crippen LogP contribution in [0.2, 0.25) is 0 Å². The van der Waals surface area contributed by atoms with Crippen LogP contribution in [0.3, 0.4) is 0 Å². The number of nitrogens with one attached hydrogen (secondary N) is 1. The predicted octanol–water partition coefficient (Wildman–Crippen LogP) is 3.70. The van der Waals surface area contributed by atoms with Gasteiger partial charge in [0.15, 0.2) is 0 Å². The summed E-state index contributed by atoms with van der Waals surface area (Å²) in [7, 11) is 0. The van der Waals surface area contributed by atoms with Crippen LogP contribution in [0.15, 0.2) is 46.3 Å². The lowest BCUT2D eigenvalue weighted by molar-refractivity contribution is -0.111. The van der Waals surface area contributed by atoms with Gasteiger partial charge in [-0.1, -0.05) is 12.1 Å². The monoisotopic (exact) mass is 351 g/mol. The van der Waals surface area contributed by atoms with Gasteiger partial charge in [-0.2, -0.15) is 0 Å². The fourth-order valence-electron chi connectivity index (χ4n) is 1.64. The molecule has 2 rings (SSSR count). The molecule has 1 aromatic heterocycles. The second-order valence-electron chi connectivity index (χ2n) is 4.13. The van der Waals surface area contributed by atoms with E-state index in [0.29, 0.717) is 6.42 Å². The van der Waals surface area contributed by atoms with E-state index in [2.05, 4.69) is 21.2 Å². The van der Waals surface area contributed by atoms with Crippen molar-refractivity contribution in [1.29, 1.82) is 0 Å². The lowest BCUT2D eigenvalue weighted by Crippen LogP contribution is -2.07. The normalized spacial score (nSPS) is 10.9. The third-order valence-electron chi connectivity index (χ3n) is 2.61. The van der Waals surface area contributed by atoms with E-state index >= 15 is 0 Å². The molecule has 0 saturated carbocycles. The predicted molar refractivity (Wildman–Crippen MR) is 86.9 cm³/mol. The number of halogens is 1. The van der Waals surface area contributed by atoms with Crippen LogP contribution in [0.5, 0.6) is 0 Å². The topological polar surface area (TPSA) is 49.3 Å². The Hall–Kier alpha value is -1.43. The highest BCUT2D eigenvalue weighted by molar-refractivity contribution is 9.11. The number of thiophene rings is 1. The number of carbonyl (C=O) groups excluding carboxylic acids is 1. The van der Waals surface area contributed by atoms with E-state index in [-0.39, 0.29) is 12.5 Å². The van der Waals surface area contributed by atoms with Crippen LogP contribution in [0.4, 0.5) is 5.69 Å². The Bertz CT molecular complexity index is 605. The number of benzene rings is 1. The number of aliphatic hydroxyl groups excluding tert-OH is 1. The van der Waals surface area contributed by atoms with Gasteiger partial charge in [-0.15, -0.1) is 11.3 Å². The van der Waals surface area contributed by atoms with Crippen molar-refractivity contribution in [3.63, 3.8) is 0 Å². The number of anilines is 1. The molecule has 3 nitrogen and oxygen atoms in total. The molecular formula is C15H14BrNO2S. The summed E-state index contributed by atoms with van der Waals surface area (Å²) < 4.78 is 1.04. The highest BCUT2D eigenvalue weighted by atomic mass is 79.9. The Morgan fingerprint density at radius 2 is 2.00 bits per heavy atom. The summed E-state index contributed by atoms with van der Waals surface area (Å²) >= 11 is 4.95. The molecule has 20 heavy (non-hydrogen) atoms. The Kier molecular flexibility index (Phi) is 5.52. The quantitative estimate of drug-likeness (QED) is 0.807. The van der Waals surface area contributed by atoms with Crippen molar-refractivity contribution in [2.45, 2.75) is 6.42 Å². The lowest BCUT2D eigenvalue weighted by Gasteiger charge is -2.03. The third kappa shape index (κ3) is 4.59. The first kappa shape index (κ1) is 15.0. The van der Waals surface area contributed by atoms with E-state index in [1.54, 1.807) is 17.4 Å². The molecule has 0 fully saturated rings. The van der Waals surface area contributed by atoms with Crippen LogP contribution in [0, 0.1) is 0 Å². The number of rotatable bonds is 5. The standard InChI is InChI=1S/C15H14BrNO2S/c16-14-7-5-13(20-14)6-8-15(19)17-12-3-1-11(2-4-12)9-10-18/h1-8,18H,9-10H2,(H,17,19). The summed E-state index contributed by atoms with van der Waals surface area (Å²) in [6, 6.07) is 11.3. The van der Waals surface area contributed by atoms with E-state index in [9.17, 15) is 4.79 Å². The van der Waals surface area contributed by atoms with Crippen molar-refractivity contribution in [3.05, 3.63) is 56.7 Å². The summed E-state index contributed by atoms with van der Waals surface area (Å²) in [5, 5.41) is 11.6. The Labute approximate surface area is 130 Å². The van der Waals surface area contributed by atoms with Gasteiger partial charge in [-0.3, -0.25) is 4.79 Å². The number of carbonyl (C=O) groups is 1. The molecular weight excluding hydrogens is 338 g/mol. The first-order valence-electron chi connectivity index (χ1n) is 6.11. The molecule has 2 N–H and O–H groups in total. The summed E-state index contributed by atoms with van der Waals surface area (Å²) in [6.07, 6.45) is 3.92. The van der Waals surface area contributed by atoms with Gasteiger partial charge in [0, 0.05) is 23.2 Å². The fourth-order valence-corrected chi connectivity index (χ4v) is 2.97. The molecule has 0 aliphatic carbocycles. The zero-order chi connectivity index (χ0) is 14.4. The molecule has 0 unspecified atom stereocenters. The smallest absolute Gasteiger partial charge is 0.248 e. The average Bonchev–Trinajstić information content (AvgIpc) is 2.85. The van der Waals surface area contributed by atoms with Gasteiger partial charge in [0.05, 0.1) is 3.79 Å². The number of amides is 1. The van der Waals surface area contributed by atoms with Crippen LogP contribution >= 0.6 is 27.3 Å². The van der Waals surface area contributed by atoms with Crippen LogP contribution in [0.25, 0.3) is 6.08 Å². The van der Waals surface area contributed by atoms with Gasteiger partial charge >= 0.3 is 0 Å². The minimum atomic E-state index is -0.163. The third-order valence-corrected chi connectivity index (χ3v) is 4.20. The maximum Gasteiger partial charge on any atom is 0.248 e. The molecule has 0 aliphatic heterocycles. The first-order valence-corrected chi connectivity index (χ1v) is 7.72. The molecule has 1 amide bonds. The van der Waals surface area contributed by atoms with Crippen LogP contribution in [0.1, 0.15) is 10.4 Å². The summed E-state index contributed by atoms with van der Waals surface area (Å²) in [5.74, 6) is -0.163. The van der Waals surface area contributed by atoms with E-state index in [0.717, 1.165) is 19.9 Å². The van der Waals surface area contributed by atoms with Gasteiger partial charge in [-0.05, 0) is 58.3 Å². The summed E-state index contributed by atoms with van der Waals surface area (Å²) in [6.45, 7) is 0.130. The number of hydrogen-bond acceptors (Lipinski definition) is 3. The molecule has 104 valence electrons. The van der Waals surface area contributed by atoms with Gasteiger partial charge in [0.2, 0.25) is 5.91 Å². The maximum atomic E-state index is 11.8. The van der Waals surface area contributed by atoms with Crippen molar-refractivity contribution in [2.75, 3.05) is 11.9 Å². The minimum Gasteiger partial charge on any atom is -0.396 e. The Morgan fingerprint density at radius 3 is 2.60 bits per heavy atom. The Balaban J connectivity index is 1.92. The molecule has 0 bridgehead atoms. The van der Waals surface area contributed by atoms with E-state index < -0.39 is 0 Å². The van der Waals surface area contributed by atoms with Crippen molar-refractivity contribution >= 4 is 44.9 Å². The van der Waals surface area contributed by atoms with Gasteiger partial charge in [0.25, 0.3) is 0 Å². The average molecular weight is 352 g/mol. The fraction of sp³-hybridized carbons (Fsp3) is 0.133. The second kappa shape index (κ2) is 7.38.